The number of rotatable bonds is 7. The van der Waals surface area contributed by atoms with E-state index in [9.17, 15) is 4.79 Å². The minimum Gasteiger partial charge on any atom is -0.459 e. The summed E-state index contributed by atoms with van der Waals surface area (Å²) in [4.78, 5) is 18.2. The number of hydrogen-bond acceptors (Lipinski definition) is 4. The van der Waals surface area contributed by atoms with Gasteiger partial charge in [0.2, 0.25) is 0 Å². The third-order valence-electron chi connectivity index (χ3n) is 4.49. The van der Waals surface area contributed by atoms with Gasteiger partial charge in [-0.15, -0.1) is 11.8 Å². The summed E-state index contributed by atoms with van der Waals surface area (Å²) < 4.78 is 5.45. The zero-order valence-electron chi connectivity index (χ0n) is 15.3. The molecule has 0 radical (unpaired) electrons. The lowest BCUT2D eigenvalue weighted by atomic mass is 10.1. The molecule has 0 spiro atoms. The number of furan rings is 1. The third-order valence-corrected chi connectivity index (χ3v) is 5.55. The van der Waals surface area contributed by atoms with Crippen molar-refractivity contribution >= 4 is 28.6 Å². The van der Waals surface area contributed by atoms with Gasteiger partial charge in [0.05, 0.1) is 11.8 Å². The predicted molar refractivity (Wildman–Crippen MR) is 112 cm³/mol. The molecular weight excluding hydrogens is 368 g/mol. The zero-order valence-corrected chi connectivity index (χ0v) is 16.1. The molecule has 0 unspecified atom stereocenters. The molecule has 0 saturated carbocycles. The minimum absolute atomic E-state index is 0.179. The van der Waals surface area contributed by atoms with E-state index >= 15 is 0 Å². The van der Waals surface area contributed by atoms with Crippen LogP contribution in [-0.4, -0.2) is 17.4 Å². The second-order valence-electron chi connectivity index (χ2n) is 6.37. The number of benzene rings is 2. The van der Waals surface area contributed by atoms with Crippen molar-refractivity contribution in [2.75, 3.05) is 6.54 Å². The number of nitrogens with one attached hydrogen (secondary N) is 1. The Kier molecular flexibility index (Phi) is 5.73. The Morgan fingerprint density at radius 1 is 0.964 bits per heavy atom. The quantitative estimate of drug-likeness (QED) is 0.448. The fourth-order valence-corrected chi connectivity index (χ4v) is 3.99. The van der Waals surface area contributed by atoms with Crippen molar-refractivity contribution < 1.29 is 9.21 Å². The van der Waals surface area contributed by atoms with E-state index in [0.29, 0.717) is 18.1 Å². The molecular formula is C23H20N2O2S. The molecule has 0 aliphatic carbocycles. The Hall–Kier alpha value is -3.05. The van der Waals surface area contributed by atoms with E-state index < -0.39 is 0 Å². The molecule has 28 heavy (non-hydrogen) atoms. The van der Waals surface area contributed by atoms with Crippen LogP contribution in [0.5, 0.6) is 0 Å². The van der Waals surface area contributed by atoms with Crippen molar-refractivity contribution in [1.82, 2.24) is 10.3 Å². The van der Waals surface area contributed by atoms with Crippen LogP contribution in [0.3, 0.4) is 0 Å². The van der Waals surface area contributed by atoms with Crippen LogP contribution in [-0.2, 0) is 12.2 Å². The Bertz CT molecular complexity index is 1070. The van der Waals surface area contributed by atoms with E-state index in [0.717, 1.165) is 28.5 Å². The molecule has 0 saturated heterocycles. The highest BCUT2D eigenvalue weighted by atomic mass is 32.2. The summed E-state index contributed by atoms with van der Waals surface area (Å²) >= 11 is 1.68. The third kappa shape index (κ3) is 4.26. The number of fused-ring (bicyclic) bond motifs is 1. The molecule has 4 rings (SSSR count). The molecule has 0 aliphatic rings. The molecule has 0 aliphatic heterocycles. The lowest BCUT2D eigenvalue weighted by molar-refractivity contribution is 0.0925. The molecule has 140 valence electrons. The maximum absolute atomic E-state index is 12.6. The van der Waals surface area contributed by atoms with E-state index in [1.54, 1.807) is 24.2 Å². The molecule has 2 aromatic heterocycles. The maximum Gasteiger partial charge on any atom is 0.287 e. The van der Waals surface area contributed by atoms with E-state index in [1.807, 2.05) is 48.5 Å². The van der Waals surface area contributed by atoms with Gasteiger partial charge in [0.1, 0.15) is 0 Å². The first kappa shape index (κ1) is 18.3. The summed E-state index contributed by atoms with van der Waals surface area (Å²) in [6.45, 7) is 0.528. The van der Waals surface area contributed by atoms with E-state index in [-0.39, 0.29) is 5.91 Å². The largest absolute Gasteiger partial charge is 0.459 e. The first-order valence-corrected chi connectivity index (χ1v) is 10.1. The predicted octanol–water partition coefficient (Wildman–Crippen LogP) is 5.09. The highest BCUT2D eigenvalue weighted by Gasteiger charge is 2.15. The van der Waals surface area contributed by atoms with Crippen LogP contribution in [0.15, 0.2) is 88.5 Å². The molecule has 2 heterocycles. The summed E-state index contributed by atoms with van der Waals surface area (Å²) in [5.41, 5.74) is 3.01. The second kappa shape index (κ2) is 8.76. The Morgan fingerprint density at radius 3 is 2.71 bits per heavy atom. The smallest absolute Gasteiger partial charge is 0.287 e. The van der Waals surface area contributed by atoms with Gasteiger partial charge in [0, 0.05) is 34.3 Å². The zero-order chi connectivity index (χ0) is 19.2. The first-order valence-electron chi connectivity index (χ1n) is 9.16. The molecule has 0 atom stereocenters. The Labute approximate surface area is 168 Å². The summed E-state index contributed by atoms with van der Waals surface area (Å²) in [7, 11) is 0. The number of thioether (sulfide) groups is 1. The van der Waals surface area contributed by atoms with Gasteiger partial charge in [0.15, 0.2) is 5.76 Å². The maximum atomic E-state index is 12.6. The van der Waals surface area contributed by atoms with E-state index in [4.69, 9.17) is 4.42 Å². The van der Waals surface area contributed by atoms with Crippen LogP contribution in [0.4, 0.5) is 0 Å². The molecule has 4 nitrogen and oxygen atoms in total. The van der Waals surface area contributed by atoms with Crippen molar-refractivity contribution in [3.05, 3.63) is 96.1 Å². The number of carbonyl (C=O) groups excluding carboxylic acids is 1. The fourth-order valence-electron chi connectivity index (χ4n) is 3.09. The lowest BCUT2D eigenvalue weighted by Gasteiger charge is -2.07. The summed E-state index contributed by atoms with van der Waals surface area (Å²) in [6.07, 6.45) is 4.09. The molecule has 2 aromatic carbocycles. The van der Waals surface area contributed by atoms with Crippen molar-refractivity contribution in [2.24, 2.45) is 0 Å². The number of hydrogen-bond donors (Lipinski definition) is 1. The molecule has 5 heteroatoms. The van der Waals surface area contributed by atoms with Crippen molar-refractivity contribution in [3.8, 4) is 0 Å². The monoisotopic (exact) mass is 388 g/mol. The average Bonchev–Trinajstić information content (AvgIpc) is 3.22. The van der Waals surface area contributed by atoms with Crippen molar-refractivity contribution in [3.63, 3.8) is 0 Å². The van der Waals surface area contributed by atoms with Gasteiger partial charge in [-0.1, -0.05) is 42.5 Å². The van der Waals surface area contributed by atoms with Crippen LogP contribution >= 0.6 is 11.8 Å². The van der Waals surface area contributed by atoms with Crippen LogP contribution < -0.4 is 5.32 Å². The molecule has 1 amide bonds. The minimum atomic E-state index is -0.179. The van der Waals surface area contributed by atoms with E-state index in [2.05, 4.69) is 28.5 Å². The number of amides is 1. The summed E-state index contributed by atoms with van der Waals surface area (Å²) in [5.74, 6) is 0.901. The van der Waals surface area contributed by atoms with Crippen LogP contribution in [0.1, 0.15) is 21.7 Å². The summed E-state index contributed by atoms with van der Waals surface area (Å²) in [6, 6.07) is 22.1. The first-order chi connectivity index (χ1) is 13.8. The van der Waals surface area contributed by atoms with Crippen molar-refractivity contribution in [1.29, 1.82) is 0 Å². The summed E-state index contributed by atoms with van der Waals surface area (Å²) in [5, 5.41) is 4.08. The highest BCUT2D eigenvalue weighted by molar-refractivity contribution is 7.98. The fraction of sp³-hybridized carbons (Fsp3) is 0.130. The van der Waals surface area contributed by atoms with Gasteiger partial charge in [0.25, 0.3) is 5.91 Å². The van der Waals surface area contributed by atoms with Crippen LogP contribution in [0.25, 0.3) is 10.9 Å². The Balaban J connectivity index is 1.36. The highest BCUT2D eigenvalue weighted by Crippen LogP contribution is 2.25. The normalized spacial score (nSPS) is 10.9. The number of para-hydroxylation sites is 1. The second-order valence-corrected chi connectivity index (χ2v) is 7.42. The number of aromatic nitrogens is 1. The van der Waals surface area contributed by atoms with Gasteiger partial charge in [-0.25, -0.2) is 0 Å². The SMILES string of the molecule is O=C(NCCc1cccc2cccnc12)c1occc1CSc1ccccc1. The number of nitrogens with zero attached hydrogens (tertiary/aromatic N) is 1. The standard InChI is InChI=1S/C23H20N2O2S/c26-23(22-19(12-15-27-22)16-28-20-9-2-1-3-10-20)25-14-11-18-7-4-6-17-8-5-13-24-21(17)18/h1-10,12-13,15H,11,14,16H2,(H,25,26). The van der Waals surface area contributed by atoms with E-state index in [1.165, 1.54) is 4.90 Å². The van der Waals surface area contributed by atoms with Crippen molar-refractivity contribution in [2.45, 2.75) is 17.1 Å². The van der Waals surface area contributed by atoms with Gasteiger partial charge < -0.3 is 9.73 Å². The molecule has 1 N–H and O–H groups in total. The lowest BCUT2D eigenvalue weighted by Crippen LogP contribution is -2.26. The van der Waals surface area contributed by atoms with Gasteiger partial charge in [-0.2, -0.15) is 0 Å². The number of pyridine rings is 1. The molecule has 4 aromatic rings. The van der Waals surface area contributed by atoms with Gasteiger partial charge in [-0.05, 0) is 36.2 Å². The van der Waals surface area contributed by atoms with Crippen LogP contribution in [0, 0.1) is 0 Å². The topological polar surface area (TPSA) is 55.1 Å². The molecule has 0 fully saturated rings. The number of carbonyl (C=O) groups is 1. The van der Waals surface area contributed by atoms with Crippen LogP contribution in [0.2, 0.25) is 0 Å². The van der Waals surface area contributed by atoms with Gasteiger partial charge >= 0.3 is 0 Å². The van der Waals surface area contributed by atoms with Gasteiger partial charge in [-0.3, -0.25) is 9.78 Å². The average molecular weight is 388 g/mol. The Morgan fingerprint density at radius 2 is 1.82 bits per heavy atom. The molecule has 0 bridgehead atoms.